The van der Waals surface area contributed by atoms with Crippen molar-refractivity contribution in [3.63, 3.8) is 0 Å². The van der Waals surface area contributed by atoms with Crippen LogP contribution in [0.3, 0.4) is 0 Å². The largest absolute Gasteiger partial charge is 0.325 e. The number of aromatic nitrogens is 1. The van der Waals surface area contributed by atoms with Crippen molar-refractivity contribution in [1.29, 1.82) is 0 Å². The third-order valence-corrected chi connectivity index (χ3v) is 6.83. The molecule has 1 atom stereocenters. The Morgan fingerprint density at radius 1 is 1.28 bits per heavy atom. The van der Waals surface area contributed by atoms with Gasteiger partial charge >= 0.3 is 0 Å². The minimum atomic E-state index is 0. The molecule has 1 unspecified atom stereocenters. The molecule has 0 radical (unpaired) electrons. The normalized spacial score (nSPS) is 19.1. The Labute approximate surface area is 185 Å². The molecule has 0 saturated carbocycles. The fraction of sp³-hybridized carbons (Fsp3) is 0.333. The molecule has 0 spiro atoms. The van der Waals surface area contributed by atoms with Crippen LogP contribution >= 0.6 is 35.5 Å². The standard InChI is InChI=1S/C21H21ClN4OS.ClH/c22-16-11-17-14(10-20(27)24-17)9-13(16)5-7-26-8-6-23-12-18(26)21-15-3-1-2-4-19(15)28-25-21;/h1-4,9,11,18,23H,5-8,10,12H2,(H,24,27);1H. The zero-order valence-corrected chi connectivity index (χ0v) is 18.2. The minimum Gasteiger partial charge on any atom is -0.325 e. The van der Waals surface area contributed by atoms with Gasteiger partial charge in [-0.05, 0) is 41.2 Å². The predicted molar refractivity (Wildman–Crippen MR) is 122 cm³/mol. The molecule has 8 heteroatoms. The van der Waals surface area contributed by atoms with Crippen LogP contribution in [0.25, 0.3) is 10.1 Å². The summed E-state index contributed by atoms with van der Waals surface area (Å²) in [6, 6.07) is 12.7. The predicted octanol–water partition coefficient (Wildman–Crippen LogP) is 4.06. The van der Waals surface area contributed by atoms with Gasteiger partial charge < -0.3 is 10.6 Å². The van der Waals surface area contributed by atoms with Crippen LogP contribution in [-0.2, 0) is 17.6 Å². The maximum Gasteiger partial charge on any atom is 0.228 e. The first kappa shape index (κ1) is 20.6. The first-order valence-corrected chi connectivity index (χ1v) is 10.7. The molecule has 1 fully saturated rings. The molecule has 5 nitrogen and oxygen atoms in total. The second kappa shape index (κ2) is 8.58. The van der Waals surface area contributed by atoms with Crippen molar-refractivity contribution in [3.05, 3.63) is 58.2 Å². The molecule has 2 N–H and O–H groups in total. The molecule has 2 aliphatic rings. The van der Waals surface area contributed by atoms with E-state index in [0.717, 1.165) is 54.4 Å². The van der Waals surface area contributed by atoms with Crippen LogP contribution in [0, 0.1) is 0 Å². The molecule has 2 aliphatic heterocycles. The lowest BCUT2D eigenvalue weighted by molar-refractivity contribution is -0.115. The van der Waals surface area contributed by atoms with Crippen LogP contribution in [0.5, 0.6) is 0 Å². The quantitative estimate of drug-likeness (QED) is 0.631. The Balaban J connectivity index is 0.00000205. The second-order valence-corrected chi connectivity index (χ2v) is 8.61. The van der Waals surface area contributed by atoms with E-state index in [1.54, 1.807) is 11.5 Å². The summed E-state index contributed by atoms with van der Waals surface area (Å²) in [4.78, 5) is 14.1. The van der Waals surface area contributed by atoms with Gasteiger partial charge in [0.2, 0.25) is 5.91 Å². The highest BCUT2D eigenvalue weighted by Crippen LogP contribution is 2.33. The highest BCUT2D eigenvalue weighted by molar-refractivity contribution is 7.13. The molecule has 1 amide bonds. The van der Waals surface area contributed by atoms with Gasteiger partial charge in [0.05, 0.1) is 22.9 Å². The highest BCUT2D eigenvalue weighted by atomic mass is 35.5. The lowest BCUT2D eigenvalue weighted by Gasteiger charge is -2.35. The van der Waals surface area contributed by atoms with Gasteiger partial charge in [0.1, 0.15) is 0 Å². The summed E-state index contributed by atoms with van der Waals surface area (Å²) in [5, 5.41) is 8.37. The zero-order chi connectivity index (χ0) is 19.1. The summed E-state index contributed by atoms with van der Waals surface area (Å²) >= 11 is 8.07. The van der Waals surface area contributed by atoms with Crippen LogP contribution in [0.15, 0.2) is 36.4 Å². The van der Waals surface area contributed by atoms with E-state index >= 15 is 0 Å². The number of anilines is 1. The summed E-state index contributed by atoms with van der Waals surface area (Å²) in [7, 11) is 0. The van der Waals surface area contributed by atoms with Gasteiger partial charge in [-0.1, -0.05) is 35.9 Å². The summed E-state index contributed by atoms with van der Waals surface area (Å²) in [6.07, 6.45) is 1.31. The number of hydrogen-bond acceptors (Lipinski definition) is 5. The van der Waals surface area contributed by atoms with Crippen molar-refractivity contribution < 1.29 is 4.79 Å². The van der Waals surface area contributed by atoms with Gasteiger partial charge in [0, 0.05) is 42.3 Å². The Kier molecular flexibility index (Phi) is 6.08. The lowest BCUT2D eigenvalue weighted by atomic mass is 10.0. The number of amides is 1. The van der Waals surface area contributed by atoms with Gasteiger partial charge in [-0.25, -0.2) is 0 Å². The Morgan fingerprint density at radius 2 is 2.14 bits per heavy atom. The van der Waals surface area contributed by atoms with Crippen LogP contribution in [0.2, 0.25) is 5.02 Å². The molecule has 0 bridgehead atoms. The molecular weight excluding hydrogens is 427 g/mol. The number of fused-ring (bicyclic) bond motifs is 2. The van der Waals surface area contributed by atoms with E-state index in [2.05, 4.69) is 45.9 Å². The van der Waals surface area contributed by atoms with Crippen LogP contribution in [0.1, 0.15) is 22.9 Å². The molecule has 2 aromatic carbocycles. The van der Waals surface area contributed by atoms with E-state index in [9.17, 15) is 4.79 Å². The monoisotopic (exact) mass is 448 g/mol. The summed E-state index contributed by atoms with van der Waals surface area (Å²) in [6.45, 7) is 3.79. The van der Waals surface area contributed by atoms with E-state index in [4.69, 9.17) is 16.0 Å². The van der Waals surface area contributed by atoms with Crippen LogP contribution in [0.4, 0.5) is 5.69 Å². The first-order chi connectivity index (χ1) is 13.7. The summed E-state index contributed by atoms with van der Waals surface area (Å²) in [5.74, 6) is 0.0424. The number of carbonyl (C=O) groups excluding carboxylic acids is 1. The number of halogens is 2. The van der Waals surface area contributed by atoms with Crippen LogP contribution < -0.4 is 10.6 Å². The number of nitrogens with one attached hydrogen (secondary N) is 2. The zero-order valence-electron chi connectivity index (χ0n) is 15.8. The fourth-order valence-electron chi connectivity index (χ4n) is 4.18. The number of carbonyl (C=O) groups is 1. The molecule has 3 aromatic rings. The number of hydrogen-bond donors (Lipinski definition) is 2. The SMILES string of the molecule is Cl.O=C1Cc2cc(CCN3CCNCC3c3nsc4ccccc34)c(Cl)cc2N1. The van der Waals surface area contributed by atoms with Crippen molar-refractivity contribution in [1.82, 2.24) is 14.6 Å². The smallest absolute Gasteiger partial charge is 0.228 e. The minimum absolute atomic E-state index is 0. The Morgan fingerprint density at radius 3 is 3.03 bits per heavy atom. The summed E-state index contributed by atoms with van der Waals surface area (Å²) in [5.41, 5.74) is 4.18. The highest BCUT2D eigenvalue weighted by Gasteiger charge is 2.27. The second-order valence-electron chi connectivity index (χ2n) is 7.40. The Bertz CT molecular complexity index is 1050. The Hall–Kier alpha value is -1.70. The molecule has 29 heavy (non-hydrogen) atoms. The van der Waals surface area contributed by atoms with Crippen molar-refractivity contribution in [3.8, 4) is 0 Å². The number of piperazine rings is 1. The fourth-order valence-corrected chi connectivity index (χ4v) is 5.27. The van der Waals surface area contributed by atoms with Gasteiger partial charge in [-0.3, -0.25) is 9.69 Å². The van der Waals surface area contributed by atoms with Crippen molar-refractivity contribution in [2.45, 2.75) is 18.9 Å². The maximum absolute atomic E-state index is 11.6. The van der Waals surface area contributed by atoms with E-state index < -0.39 is 0 Å². The van der Waals surface area contributed by atoms with Crippen LogP contribution in [-0.4, -0.2) is 41.4 Å². The average molecular weight is 449 g/mol. The molecule has 5 rings (SSSR count). The molecule has 152 valence electrons. The number of benzene rings is 2. The topological polar surface area (TPSA) is 57.3 Å². The molecular formula is C21H22Cl2N4OS. The van der Waals surface area contributed by atoms with E-state index in [0.29, 0.717) is 6.42 Å². The first-order valence-electron chi connectivity index (χ1n) is 9.59. The van der Waals surface area contributed by atoms with Gasteiger partial charge in [0.25, 0.3) is 0 Å². The number of rotatable bonds is 4. The van der Waals surface area contributed by atoms with E-state index in [-0.39, 0.29) is 24.4 Å². The molecule has 3 heterocycles. The molecule has 0 aliphatic carbocycles. The average Bonchev–Trinajstić information content (AvgIpc) is 3.28. The van der Waals surface area contributed by atoms with E-state index in [1.165, 1.54) is 15.8 Å². The molecule has 1 aromatic heterocycles. The van der Waals surface area contributed by atoms with Gasteiger partial charge in [-0.2, -0.15) is 4.37 Å². The molecule has 1 saturated heterocycles. The maximum atomic E-state index is 11.6. The van der Waals surface area contributed by atoms with Gasteiger partial charge in [-0.15, -0.1) is 12.4 Å². The number of nitrogens with zero attached hydrogens (tertiary/aromatic N) is 2. The van der Waals surface area contributed by atoms with Crippen molar-refractivity contribution in [2.75, 3.05) is 31.5 Å². The third-order valence-electron chi connectivity index (χ3n) is 5.64. The van der Waals surface area contributed by atoms with Crippen molar-refractivity contribution >= 4 is 57.2 Å². The lowest BCUT2D eigenvalue weighted by Crippen LogP contribution is -2.46. The van der Waals surface area contributed by atoms with E-state index in [1.807, 2.05) is 6.07 Å². The summed E-state index contributed by atoms with van der Waals surface area (Å²) < 4.78 is 6.02. The third kappa shape index (κ3) is 4.00. The van der Waals surface area contributed by atoms with Gasteiger partial charge in [0.15, 0.2) is 0 Å². The van der Waals surface area contributed by atoms with Crippen molar-refractivity contribution in [2.24, 2.45) is 0 Å².